The van der Waals surface area contributed by atoms with Gasteiger partial charge in [0.05, 0.1) is 0 Å². The molecule has 28 heavy (non-hydrogen) atoms. The number of anilines is 2. The highest BCUT2D eigenvalue weighted by Gasteiger charge is 2.20. The second-order valence-electron chi connectivity index (χ2n) is 6.76. The quantitative estimate of drug-likeness (QED) is 0.738. The Balaban J connectivity index is 1.44. The number of halogens is 1. The lowest BCUT2D eigenvalue weighted by atomic mass is 10.0. The van der Waals surface area contributed by atoms with Gasteiger partial charge in [0.2, 0.25) is 5.95 Å². The minimum atomic E-state index is -0.263. The van der Waals surface area contributed by atoms with Gasteiger partial charge in [-0.2, -0.15) is 0 Å². The summed E-state index contributed by atoms with van der Waals surface area (Å²) in [7, 11) is 0. The maximum atomic E-state index is 13.0. The number of para-hydroxylation sites is 1. The topological polar surface area (TPSA) is 58.1 Å². The molecule has 1 amide bonds. The molecule has 1 aromatic heterocycles. The second-order valence-corrected chi connectivity index (χ2v) is 6.76. The highest BCUT2D eigenvalue weighted by atomic mass is 19.1. The summed E-state index contributed by atoms with van der Waals surface area (Å²) in [5, 5.41) is 2.87. The fourth-order valence-electron chi connectivity index (χ4n) is 3.41. The summed E-state index contributed by atoms with van der Waals surface area (Å²) in [6, 6.07) is 16.1. The number of benzene rings is 2. The van der Waals surface area contributed by atoms with Crippen LogP contribution in [0.3, 0.4) is 0 Å². The Morgan fingerprint density at radius 3 is 2.79 bits per heavy atom. The lowest BCUT2D eigenvalue weighted by Gasteiger charge is -2.29. The number of carbonyl (C=O) groups excluding carboxylic acids is 1. The van der Waals surface area contributed by atoms with E-state index in [0.717, 1.165) is 30.6 Å². The molecule has 142 valence electrons. The second kappa shape index (κ2) is 8.17. The van der Waals surface area contributed by atoms with Crippen molar-refractivity contribution in [3.63, 3.8) is 0 Å². The van der Waals surface area contributed by atoms with Crippen LogP contribution in [-0.4, -0.2) is 29.0 Å². The summed E-state index contributed by atoms with van der Waals surface area (Å²) in [6.07, 6.45) is 4.31. The number of nitrogens with zero attached hydrogens (tertiary/aromatic N) is 3. The van der Waals surface area contributed by atoms with Crippen LogP contribution in [-0.2, 0) is 12.8 Å². The van der Waals surface area contributed by atoms with Gasteiger partial charge in [-0.05, 0) is 54.7 Å². The maximum Gasteiger partial charge on any atom is 0.270 e. The van der Waals surface area contributed by atoms with Crippen molar-refractivity contribution in [2.24, 2.45) is 0 Å². The van der Waals surface area contributed by atoms with E-state index in [2.05, 4.69) is 32.3 Å². The number of hydrogen-bond donors (Lipinski definition) is 1. The van der Waals surface area contributed by atoms with Crippen LogP contribution >= 0.6 is 0 Å². The maximum absolute atomic E-state index is 13.0. The summed E-state index contributed by atoms with van der Waals surface area (Å²) in [4.78, 5) is 23.4. The highest BCUT2D eigenvalue weighted by Crippen LogP contribution is 2.31. The minimum absolute atomic E-state index is 0.240. The number of rotatable bonds is 5. The molecule has 3 aromatic rings. The monoisotopic (exact) mass is 376 g/mol. The van der Waals surface area contributed by atoms with Gasteiger partial charge in [-0.3, -0.25) is 4.79 Å². The van der Waals surface area contributed by atoms with E-state index in [-0.39, 0.29) is 11.7 Å². The Kier molecular flexibility index (Phi) is 5.28. The minimum Gasteiger partial charge on any atom is -0.350 e. The molecule has 0 atom stereocenters. The van der Waals surface area contributed by atoms with Crippen LogP contribution in [0.25, 0.3) is 0 Å². The average Bonchev–Trinajstić information content (AvgIpc) is 2.75. The number of nitrogens with one attached hydrogen (secondary N) is 1. The van der Waals surface area contributed by atoms with Crippen molar-refractivity contribution in [1.29, 1.82) is 0 Å². The van der Waals surface area contributed by atoms with Crippen molar-refractivity contribution >= 4 is 17.5 Å². The first-order valence-corrected chi connectivity index (χ1v) is 9.42. The van der Waals surface area contributed by atoms with Gasteiger partial charge < -0.3 is 10.2 Å². The van der Waals surface area contributed by atoms with Gasteiger partial charge in [0.25, 0.3) is 5.91 Å². The van der Waals surface area contributed by atoms with Crippen molar-refractivity contribution in [1.82, 2.24) is 15.3 Å². The zero-order valence-corrected chi connectivity index (χ0v) is 15.4. The van der Waals surface area contributed by atoms with E-state index in [1.165, 1.54) is 17.7 Å². The SMILES string of the molecule is O=C(NCCc1ccc(F)cc1)c1ccnc(N2CCCc3ccccc32)n1. The van der Waals surface area contributed by atoms with Crippen molar-refractivity contribution in [2.45, 2.75) is 19.3 Å². The zero-order valence-electron chi connectivity index (χ0n) is 15.4. The van der Waals surface area contributed by atoms with Crippen molar-refractivity contribution in [2.75, 3.05) is 18.0 Å². The number of fused-ring (bicyclic) bond motifs is 1. The van der Waals surface area contributed by atoms with Crippen LogP contribution in [0.15, 0.2) is 60.8 Å². The van der Waals surface area contributed by atoms with Gasteiger partial charge >= 0.3 is 0 Å². The average molecular weight is 376 g/mol. The van der Waals surface area contributed by atoms with E-state index >= 15 is 0 Å². The van der Waals surface area contributed by atoms with Crippen LogP contribution < -0.4 is 10.2 Å². The molecular formula is C22H21FN4O. The molecule has 2 heterocycles. The standard InChI is InChI=1S/C22H21FN4O/c23-18-9-7-16(8-10-18)11-13-24-21(28)19-12-14-25-22(26-19)27-15-3-5-17-4-1-2-6-20(17)27/h1-2,4,6-10,12,14H,3,5,11,13,15H2,(H,24,28). The Bertz CT molecular complexity index is 974. The molecule has 1 aliphatic rings. The molecule has 6 heteroatoms. The molecule has 0 saturated heterocycles. The first-order valence-electron chi connectivity index (χ1n) is 9.42. The van der Waals surface area contributed by atoms with E-state index < -0.39 is 0 Å². The van der Waals surface area contributed by atoms with Gasteiger partial charge in [0, 0.05) is 25.0 Å². The number of amides is 1. The van der Waals surface area contributed by atoms with Gasteiger partial charge in [-0.15, -0.1) is 0 Å². The van der Waals surface area contributed by atoms with E-state index in [9.17, 15) is 9.18 Å². The number of aromatic nitrogens is 2. The Morgan fingerprint density at radius 1 is 1.11 bits per heavy atom. The smallest absolute Gasteiger partial charge is 0.270 e. The molecule has 0 saturated carbocycles. The van der Waals surface area contributed by atoms with Gasteiger partial charge in [-0.1, -0.05) is 30.3 Å². The summed E-state index contributed by atoms with van der Waals surface area (Å²) in [5.41, 5.74) is 3.68. The van der Waals surface area contributed by atoms with Crippen LogP contribution in [0.1, 0.15) is 28.0 Å². The Morgan fingerprint density at radius 2 is 1.93 bits per heavy atom. The summed E-state index contributed by atoms with van der Waals surface area (Å²) < 4.78 is 13.0. The largest absolute Gasteiger partial charge is 0.350 e. The van der Waals surface area contributed by atoms with Crippen molar-refractivity contribution < 1.29 is 9.18 Å². The lowest BCUT2D eigenvalue weighted by Crippen LogP contribution is -2.29. The third-order valence-corrected chi connectivity index (χ3v) is 4.84. The Hall–Kier alpha value is -3.28. The third-order valence-electron chi connectivity index (χ3n) is 4.84. The number of hydrogen-bond acceptors (Lipinski definition) is 4. The molecule has 0 fully saturated rings. The third kappa shape index (κ3) is 4.01. The summed E-state index contributed by atoms with van der Waals surface area (Å²) >= 11 is 0. The molecule has 0 bridgehead atoms. The predicted octanol–water partition coefficient (Wildman–Crippen LogP) is 3.67. The molecule has 1 N–H and O–H groups in total. The number of carbonyl (C=O) groups is 1. The predicted molar refractivity (Wildman–Crippen MR) is 106 cm³/mol. The van der Waals surface area contributed by atoms with Crippen molar-refractivity contribution in [3.05, 3.63) is 83.4 Å². The molecule has 0 spiro atoms. The van der Waals surface area contributed by atoms with E-state index in [1.54, 1.807) is 24.4 Å². The van der Waals surface area contributed by atoms with Gasteiger partial charge in [0.1, 0.15) is 11.5 Å². The summed E-state index contributed by atoms with van der Waals surface area (Å²) in [6.45, 7) is 1.28. The molecule has 4 rings (SSSR count). The van der Waals surface area contributed by atoms with Crippen molar-refractivity contribution in [3.8, 4) is 0 Å². The molecule has 0 aliphatic carbocycles. The number of aryl methyl sites for hydroxylation is 1. The van der Waals surface area contributed by atoms with Crippen LogP contribution in [0.4, 0.5) is 16.0 Å². The van der Waals surface area contributed by atoms with Crippen LogP contribution in [0.5, 0.6) is 0 Å². The molecule has 1 aliphatic heterocycles. The molecule has 0 unspecified atom stereocenters. The zero-order chi connectivity index (χ0) is 19.3. The van der Waals surface area contributed by atoms with Crippen LogP contribution in [0, 0.1) is 5.82 Å². The first-order chi connectivity index (χ1) is 13.7. The van der Waals surface area contributed by atoms with E-state index in [1.807, 2.05) is 12.1 Å². The molecule has 5 nitrogen and oxygen atoms in total. The normalized spacial score (nSPS) is 13.1. The van der Waals surface area contributed by atoms with E-state index in [0.29, 0.717) is 24.6 Å². The molecule has 0 radical (unpaired) electrons. The lowest BCUT2D eigenvalue weighted by molar-refractivity contribution is 0.0949. The van der Waals surface area contributed by atoms with Crippen LogP contribution in [0.2, 0.25) is 0 Å². The van der Waals surface area contributed by atoms with Gasteiger partial charge in [0.15, 0.2) is 0 Å². The Labute approximate surface area is 163 Å². The highest BCUT2D eigenvalue weighted by molar-refractivity contribution is 5.92. The fraction of sp³-hybridized carbons (Fsp3) is 0.227. The molecule has 2 aromatic carbocycles. The first kappa shape index (κ1) is 18.1. The van der Waals surface area contributed by atoms with Gasteiger partial charge in [-0.25, -0.2) is 14.4 Å². The fourth-order valence-corrected chi connectivity index (χ4v) is 3.41. The van der Waals surface area contributed by atoms with E-state index in [4.69, 9.17) is 0 Å². The molecular weight excluding hydrogens is 355 g/mol. The summed E-state index contributed by atoms with van der Waals surface area (Å²) in [5.74, 6) is 0.0370.